The van der Waals surface area contributed by atoms with E-state index in [4.69, 9.17) is 33.7 Å². The molecule has 0 radical (unpaired) electrons. The highest BCUT2D eigenvalue weighted by molar-refractivity contribution is 6.66. The third kappa shape index (κ3) is 45.3. The van der Waals surface area contributed by atoms with Crippen molar-refractivity contribution in [1.82, 2.24) is 47.9 Å². The molecular formula is C100H130B9N9O31. The van der Waals surface area contributed by atoms with Gasteiger partial charge in [-0.25, -0.2) is 0 Å². The standard InChI is InChI=1S/C47H60B4N4O14.C34H46B3N3O11.C19H24B2N2O6/c1-48(62)38-16-8-32(9-17-38)42(56)30-36(6-2-4-24-52-44(58)34-12-20-40(21-13-34)50(65)66)46(60)54-26-28-69-29-27-55-47(61)37(31-43(57)33-10-18-39(19-11-33)49(63)64)7-3-5-25-53-45(59)35-14-22-41(23-15-35)51(67)68;1-22(38-32(41)26-7-13-29(14-8-26)36(45)46)17-49-20-31(51-19-24(3)40-34(43)25-5-11-28(12-6-25)35(4)44)21-50-18-23(2)39-33(42)27-9-15-30(16-10-27)37(47)48;1-20(26)16-6-2-14(3-7-16)18(24)22-10-12-29-13-11-23-19(25)15-4-8-17(9-5-15)21(27)28/h8-23,36-37,62-68H,2-7,24-31H2,1H3,(H,52,58)(H,53,59)(H,54,60)(H,55,61);5-16,22-24,31,44-48H,17-21H2,1-4H3,(H,38,41)(H,39,42)(H,40,43);2-9,26-28H,10-13H2,1H3,(H,22,24)(H,23,25). The Hall–Kier alpha value is -12.7. The van der Waals surface area contributed by atoms with Crippen molar-refractivity contribution in [2.75, 3.05) is 98.7 Å². The summed E-state index contributed by atoms with van der Waals surface area (Å²) in [5.41, 5.74) is 7.04. The second-order valence-electron chi connectivity index (χ2n) is 35.5. The SMILES string of the molecule is CB(O)c1ccc(C(=O)CC(CCCCNC(=O)c2ccc(B(O)O)cc2)C(=O)NCCOCCNC(=O)C(CCCCNC(=O)c2ccc(B(O)O)cc2)CC(=O)c2ccc(B(O)O)cc2)cc1.CB(O)c1ccc(C(=O)NC(C)COC(COCC(C)NC(=O)c2ccc(B(O)O)cc2)COCC(C)NC(=O)c2ccc(B(O)O)cc2)cc1.CB(O)c1ccc(C(=O)NCCOCCNC(=O)c2ccc(B(O)O)cc2)cc1. The minimum Gasteiger partial charge on any atom is -0.447 e. The Morgan fingerprint density at radius 3 is 0.685 bits per heavy atom. The molecule has 0 saturated heterocycles. The van der Waals surface area contributed by atoms with Crippen LogP contribution in [0.5, 0.6) is 0 Å². The Bertz CT molecular complexity index is 5330. The molecule has 0 heterocycles. The number of nitrogens with one attached hydrogen (secondary N) is 9. The molecule has 0 aromatic heterocycles. The molecule has 0 aliphatic rings. The van der Waals surface area contributed by atoms with Crippen LogP contribution in [0.3, 0.4) is 0 Å². The van der Waals surface area contributed by atoms with Gasteiger partial charge in [-0.2, -0.15) is 0 Å². The van der Waals surface area contributed by atoms with Crippen LogP contribution in [0, 0.1) is 11.8 Å². The van der Waals surface area contributed by atoms with Crippen LogP contribution in [0.2, 0.25) is 20.5 Å². The van der Waals surface area contributed by atoms with Crippen LogP contribution in [-0.4, -0.2) is 327 Å². The number of hydrogen-bond acceptors (Lipinski definition) is 31. The van der Waals surface area contributed by atoms with Crippen LogP contribution in [-0.2, 0) is 33.3 Å². The maximum absolute atomic E-state index is 13.4. The van der Waals surface area contributed by atoms with E-state index in [9.17, 15) is 118 Å². The fourth-order valence-corrected chi connectivity index (χ4v) is 14.5. The van der Waals surface area contributed by atoms with Crippen LogP contribution < -0.4 is 97.0 Å². The maximum Gasteiger partial charge on any atom is 0.488 e. The zero-order chi connectivity index (χ0) is 109. The Kier molecular flexibility index (Phi) is 54.6. The Labute approximate surface area is 868 Å². The van der Waals surface area contributed by atoms with Gasteiger partial charge in [0.15, 0.2) is 11.6 Å². The number of benzene rings is 9. The van der Waals surface area contributed by atoms with Crippen molar-refractivity contribution >= 4 is 177 Å². The zero-order valence-corrected chi connectivity index (χ0v) is 83.9. The molecule has 0 aliphatic heterocycles. The van der Waals surface area contributed by atoms with Gasteiger partial charge >= 0.3 is 63.5 Å². The lowest BCUT2D eigenvalue weighted by atomic mass is 9.64. The molecule has 5 unspecified atom stereocenters. The third-order valence-corrected chi connectivity index (χ3v) is 23.3. The summed E-state index contributed by atoms with van der Waals surface area (Å²) in [4.78, 5) is 141. The first kappa shape index (κ1) is 123. The monoisotopic (exact) mass is 2050 g/mol. The van der Waals surface area contributed by atoms with Crippen LogP contribution in [0.25, 0.3) is 0 Å². The van der Waals surface area contributed by atoms with Crippen molar-refractivity contribution < 1.29 is 152 Å². The summed E-state index contributed by atoms with van der Waals surface area (Å²) in [6.07, 6.45) is 1.88. The number of carbonyl (C=O) groups excluding carboxylic acids is 11. The van der Waals surface area contributed by atoms with Crippen LogP contribution in [0.4, 0.5) is 0 Å². The number of Topliss-reactive ketones (excluding diaryl/α,β-unsaturated/α-hetero) is 2. The number of carbonyl (C=O) groups is 11. The molecule has 9 aromatic carbocycles. The largest absolute Gasteiger partial charge is 0.488 e. The molecule has 9 rings (SSSR count). The highest BCUT2D eigenvalue weighted by Gasteiger charge is 2.29. The first-order chi connectivity index (χ1) is 71.1. The van der Waals surface area contributed by atoms with Crippen molar-refractivity contribution in [3.8, 4) is 0 Å². The van der Waals surface area contributed by atoms with Gasteiger partial charge in [0.05, 0.1) is 59.5 Å². The predicted octanol–water partition coefficient (Wildman–Crippen LogP) is -5.52. The number of rotatable bonds is 60. The van der Waals surface area contributed by atoms with Gasteiger partial charge in [0, 0.05) is 132 Å². The average molecular weight is 2050 g/mol. The van der Waals surface area contributed by atoms with E-state index in [1.54, 1.807) is 114 Å². The van der Waals surface area contributed by atoms with Crippen LogP contribution in [0.1, 0.15) is 165 Å². The smallest absolute Gasteiger partial charge is 0.447 e. The molecule has 0 spiro atoms. The number of ether oxygens (including phenoxy) is 5. The second-order valence-corrected chi connectivity index (χ2v) is 35.5. The van der Waals surface area contributed by atoms with E-state index in [1.165, 1.54) is 146 Å². The molecule has 9 aromatic rings. The Morgan fingerprint density at radius 2 is 0.450 bits per heavy atom. The molecule has 0 bridgehead atoms. The molecule has 0 saturated carbocycles. The normalized spacial score (nSPS) is 12.0. The molecule has 788 valence electrons. The molecule has 24 N–H and O–H groups in total. The molecule has 5 atom stereocenters. The van der Waals surface area contributed by atoms with E-state index in [-0.39, 0.29) is 196 Å². The van der Waals surface area contributed by atoms with Gasteiger partial charge in [-0.15, -0.1) is 0 Å². The number of amides is 9. The number of hydrogen-bond donors (Lipinski definition) is 24. The molecule has 0 aliphatic carbocycles. The molecule has 40 nitrogen and oxygen atoms in total. The number of unbranched alkanes of at least 4 members (excludes halogenated alkanes) is 2. The van der Waals surface area contributed by atoms with Gasteiger partial charge in [0.25, 0.3) is 41.4 Å². The van der Waals surface area contributed by atoms with Gasteiger partial charge in [-0.05, 0) is 181 Å². The molecule has 9 amide bonds. The summed E-state index contributed by atoms with van der Waals surface area (Å²) in [6.45, 7) is 11.1. The van der Waals surface area contributed by atoms with Crippen molar-refractivity contribution in [2.24, 2.45) is 11.8 Å². The van der Waals surface area contributed by atoms with Crippen LogP contribution >= 0.6 is 0 Å². The van der Waals surface area contributed by atoms with Crippen molar-refractivity contribution in [3.05, 3.63) is 268 Å². The van der Waals surface area contributed by atoms with Gasteiger partial charge < -0.3 is 147 Å². The van der Waals surface area contributed by atoms with Gasteiger partial charge in [-0.3, -0.25) is 52.7 Å². The van der Waals surface area contributed by atoms with E-state index < -0.39 is 81.4 Å². The fraction of sp³-hybridized carbons (Fsp3) is 0.350. The number of ketones is 2. The third-order valence-electron chi connectivity index (χ3n) is 23.3. The maximum atomic E-state index is 13.4. The topological polar surface area (TPSA) is 646 Å². The first-order valence-corrected chi connectivity index (χ1v) is 48.9. The minimum absolute atomic E-state index is 0.0789. The minimum atomic E-state index is -1.70. The first-order valence-electron chi connectivity index (χ1n) is 48.9. The summed E-state index contributed by atoms with van der Waals surface area (Å²) >= 11 is 0. The highest BCUT2D eigenvalue weighted by atomic mass is 16.6. The van der Waals surface area contributed by atoms with E-state index in [0.29, 0.717) is 131 Å². The summed E-state index contributed by atoms with van der Waals surface area (Å²) in [5.74, 6) is -4.99. The summed E-state index contributed by atoms with van der Waals surface area (Å²) in [7, 11) is -9.82. The van der Waals surface area contributed by atoms with E-state index in [0.717, 1.165) is 5.46 Å². The van der Waals surface area contributed by atoms with Crippen molar-refractivity contribution in [3.63, 3.8) is 0 Å². The quantitative estimate of drug-likeness (QED) is 0.00960. The molecule has 149 heavy (non-hydrogen) atoms. The summed E-state index contributed by atoms with van der Waals surface area (Å²) in [6, 6.07) is 53.9. The summed E-state index contributed by atoms with van der Waals surface area (Å²) in [5, 5.41) is 165. The lowest BCUT2D eigenvalue weighted by Crippen LogP contribution is -2.41. The predicted molar refractivity (Wildman–Crippen MR) is 569 cm³/mol. The average Bonchev–Trinajstić information content (AvgIpc) is 0.965. The highest BCUT2D eigenvalue weighted by Crippen LogP contribution is 2.21. The fourth-order valence-electron chi connectivity index (χ4n) is 14.5. The van der Waals surface area contributed by atoms with Gasteiger partial charge in [-0.1, -0.05) is 167 Å². The molecular weight excluding hydrogens is 1920 g/mol. The zero-order valence-electron chi connectivity index (χ0n) is 83.9. The van der Waals surface area contributed by atoms with Crippen molar-refractivity contribution in [1.29, 1.82) is 0 Å². The van der Waals surface area contributed by atoms with Crippen molar-refractivity contribution in [2.45, 2.75) is 117 Å². The van der Waals surface area contributed by atoms with Gasteiger partial charge in [0.1, 0.15) is 6.10 Å². The lowest BCUT2D eigenvalue weighted by Gasteiger charge is -2.23. The Balaban J connectivity index is 0.000000328. The molecule has 49 heteroatoms. The summed E-state index contributed by atoms with van der Waals surface area (Å²) < 4.78 is 28.9. The second kappa shape index (κ2) is 66.0. The van der Waals surface area contributed by atoms with Gasteiger partial charge in [0.2, 0.25) is 11.8 Å². The van der Waals surface area contributed by atoms with E-state index in [2.05, 4.69) is 47.9 Å². The van der Waals surface area contributed by atoms with Crippen LogP contribution in [0.15, 0.2) is 218 Å². The van der Waals surface area contributed by atoms with E-state index >= 15 is 0 Å². The lowest BCUT2D eigenvalue weighted by molar-refractivity contribution is -0.125. The molecule has 0 fully saturated rings. The van der Waals surface area contributed by atoms with E-state index in [1.807, 2.05) is 0 Å². The Morgan fingerprint density at radius 1 is 0.242 bits per heavy atom.